The van der Waals surface area contributed by atoms with Crippen molar-refractivity contribution in [2.24, 2.45) is 0 Å². The Hall–Kier alpha value is -5.79. The van der Waals surface area contributed by atoms with Gasteiger partial charge in [-0.1, -0.05) is 43.3 Å². The third-order valence-electron chi connectivity index (χ3n) is 11.4. The first kappa shape index (κ1) is 39.1. The number of aromatic nitrogens is 4. The summed E-state index contributed by atoms with van der Waals surface area (Å²) in [5.74, 6) is 4.06. The van der Waals surface area contributed by atoms with E-state index in [1.807, 2.05) is 41.6 Å². The molecule has 8 rings (SSSR count). The fourth-order valence-corrected chi connectivity index (χ4v) is 7.95. The number of hydrogen-bond donors (Lipinski definition) is 0. The number of amides is 1. The number of aryl methyl sites for hydroxylation is 1. The van der Waals surface area contributed by atoms with Crippen LogP contribution in [0.1, 0.15) is 35.6 Å². The molecule has 0 spiro atoms. The van der Waals surface area contributed by atoms with Crippen molar-refractivity contribution < 1.29 is 19.0 Å². The van der Waals surface area contributed by atoms with E-state index in [0.717, 1.165) is 115 Å². The molecule has 13 heteroatoms. The molecule has 3 aliphatic rings. The molecule has 302 valence electrons. The van der Waals surface area contributed by atoms with Crippen LogP contribution < -0.4 is 24.2 Å². The summed E-state index contributed by atoms with van der Waals surface area (Å²) in [7, 11) is 3.35. The average molecular weight is 784 g/mol. The van der Waals surface area contributed by atoms with E-state index in [1.165, 1.54) is 0 Å². The quantitative estimate of drug-likeness (QED) is 0.136. The number of anilines is 4. The summed E-state index contributed by atoms with van der Waals surface area (Å²) in [4.78, 5) is 44.6. The largest absolute Gasteiger partial charge is 0.497 e. The third kappa shape index (κ3) is 9.00. The van der Waals surface area contributed by atoms with Crippen LogP contribution in [0.5, 0.6) is 11.5 Å². The van der Waals surface area contributed by atoms with Gasteiger partial charge in [-0.25, -0.2) is 15.0 Å². The average Bonchev–Trinajstić information content (AvgIpc) is 3.73. The Bertz CT molecular complexity index is 2090. The van der Waals surface area contributed by atoms with E-state index in [9.17, 15) is 4.79 Å². The molecule has 13 nitrogen and oxygen atoms in total. The standard InChI is InChI=1S/C45H53N9O4/c1-4-50-20-22-51(23-21-50)41(55)17-12-33-6-5-7-37(28-33)54-19-18-40-42(48-45(49-43(40)54)52-24-26-58-27-25-52)36-29-46-44(47-30-36)53(31-34-8-13-38(56-2)14-9-34)32-35-10-15-39(57-3)16-11-35/h5-11,13-16,28-30H,4,12,17-27,31-32H2,1-3H3. The first-order valence-corrected chi connectivity index (χ1v) is 20.4. The first-order chi connectivity index (χ1) is 28.5. The summed E-state index contributed by atoms with van der Waals surface area (Å²) in [6.07, 6.45) is 5.78. The van der Waals surface area contributed by atoms with Crippen molar-refractivity contribution in [1.82, 2.24) is 29.7 Å². The number of fused-ring (bicyclic) bond motifs is 1. The van der Waals surface area contributed by atoms with E-state index in [0.29, 0.717) is 51.0 Å². The van der Waals surface area contributed by atoms with Crippen LogP contribution >= 0.6 is 0 Å². The maximum absolute atomic E-state index is 13.1. The molecule has 2 saturated heterocycles. The highest BCUT2D eigenvalue weighted by atomic mass is 16.5. The molecular weight excluding hydrogens is 731 g/mol. The van der Waals surface area contributed by atoms with Gasteiger partial charge in [0, 0.05) is 94.5 Å². The Labute approximate surface area is 341 Å². The van der Waals surface area contributed by atoms with Gasteiger partial charge in [0.05, 0.1) is 33.1 Å². The second-order valence-corrected chi connectivity index (χ2v) is 15.0. The molecule has 3 aliphatic heterocycles. The fourth-order valence-electron chi connectivity index (χ4n) is 7.95. The molecule has 0 N–H and O–H groups in total. The molecule has 2 fully saturated rings. The number of carbonyl (C=O) groups is 1. The molecule has 5 heterocycles. The summed E-state index contributed by atoms with van der Waals surface area (Å²) >= 11 is 0. The highest BCUT2D eigenvalue weighted by Crippen LogP contribution is 2.39. The van der Waals surface area contributed by atoms with E-state index in [1.54, 1.807) is 14.2 Å². The number of piperazine rings is 1. The Morgan fingerprint density at radius 2 is 1.43 bits per heavy atom. The van der Waals surface area contributed by atoms with Gasteiger partial charge in [0.2, 0.25) is 17.8 Å². The van der Waals surface area contributed by atoms with E-state index in [2.05, 4.69) is 75.1 Å². The smallest absolute Gasteiger partial charge is 0.228 e. The van der Waals surface area contributed by atoms with Crippen LogP contribution in [-0.4, -0.2) is 115 Å². The SMILES string of the molecule is CCN1CCN(C(=O)CCc2cccc(N3CCc4c(-c5cnc(N(Cc6ccc(OC)cc6)Cc6ccc(OC)cc6)nc5)nc(N5CCOCC5)nc43)c2)CC1. The maximum Gasteiger partial charge on any atom is 0.228 e. The lowest BCUT2D eigenvalue weighted by Crippen LogP contribution is -2.48. The topological polar surface area (TPSA) is 113 Å². The minimum Gasteiger partial charge on any atom is -0.497 e. The summed E-state index contributed by atoms with van der Waals surface area (Å²) in [5.41, 5.74) is 7.22. The van der Waals surface area contributed by atoms with Crippen molar-refractivity contribution in [3.63, 3.8) is 0 Å². The minimum absolute atomic E-state index is 0.234. The number of benzene rings is 3. The summed E-state index contributed by atoms with van der Waals surface area (Å²) in [6, 6.07) is 24.8. The van der Waals surface area contributed by atoms with Crippen molar-refractivity contribution in [3.8, 4) is 22.8 Å². The van der Waals surface area contributed by atoms with Crippen molar-refractivity contribution in [1.29, 1.82) is 0 Å². The van der Waals surface area contributed by atoms with Gasteiger partial charge in [-0.3, -0.25) is 4.79 Å². The predicted molar refractivity (Wildman–Crippen MR) is 226 cm³/mol. The van der Waals surface area contributed by atoms with Crippen LogP contribution in [0, 0.1) is 0 Å². The summed E-state index contributed by atoms with van der Waals surface area (Å²) < 4.78 is 16.5. The Morgan fingerprint density at radius 1 is 0.776 bits per heavy atom. The van der Waals surface area contributed by atoms with E-state index in [-0.39, 0.29) is 5.91 Å². The molecule has 3 aromatic carbocycles. The normalized spacial score (nSPS) is 15.7. The van der Waals surface area contributed by atoms with Crippen LogP contribution in [0.2, 0.25) is 0 Å². The molecule has 0 atom stereocenters. The van der Waals surface area contributed by atoms with Gasteiger partial charge in [-0.05, 0) is 72.5 Å². The Balaban J connectivity index is 1.06. The number of morpholine rings is 1. The highest BCUT2D eigenvalue weighted by molar-refractivity contribution is 5.78. The second-order valence-electron chi connectivity index (χ2n) is 15.0. The number of nitrogens with zero attached hydrogens (tertiary/aromatic N) is 9. The van der Waals surface area contributed by atoms with Crippen LogP contribution in [0.3, 0.4) is 0 Å². The predicted octanol–water partition coefficient (Wildman–Crippen LogP) is 5.79. The van der Waals surface area contributed by atoms with Gasteiger partial charge < -0.3 is 38.7 Å². The molecular formula is C45H53N9O4. The van der Waals surface area contributed by atoms with Crippen LogP contribution in [0.15, 0.2) is 85.2 Å². The van der Waals surface area contributed by atoms with Gasteiger partial charge >= 0.3 is 0 Å². The molecule has 2 aromatic heterocycles. The van der Waals surface area contributed by atoms with Crippen LogP contribution in [0.25, 0.3) is 11.3 Å². The number of ether oxygens (including phenoxy) is 3. The second kappa shape index (κ2) is 18.2. The molecule has 1 amide bonds. The molecule has 0 aliphatic carbocycles. The lowest BCUT2D eigenvalue weighted by atomic mass is 10.1. The third-order valence-corrected chi connectivity index (χ3v) is 11.4. The fraction of sp³-hybridized carbons (Fsp3) is 0.400. The molecule has 0 bridgehead atoms. The monoisotopic (exact) mass is 783 g/mol. The Morgan fingerprint density at radius 3 is 2.05 bits per heavy atom. The number of carbonyl (C=O) groups excluding carboxylic acids is 1. The van der Waals surface area contributed by atoms with E-state index < -0.39 is 0 Å². The van der Waals surface area contributed by atoms with E-state index >= 15 is 0 Å². The number of methoxy groups -OCH3 is 2. The van der Waals surface area contributed by atoms with Crippen molar-refractivity contribution in [3.05, 3.63) is 107 Å². The van der Waals surface area contributed by atoms with Gasteiger partial charge in [-0.2, -0.15) is 4.98 Å². The number of hydrogen-bond acceptors (Lipinski definition) is 12. The van der Waals surface area contributed by atoms with Gasteiger partial charge in [0.15, 0.2) is 0 Å². The summed E-state index contributed by atoms with van der Waals surface area (Å²) in [5, 5.41) is 0. The van der Waals surface area contributed by atoms with Crippen LogP contribution in [-0.2, 0) is 35.5 Å². The van der Waals surface area contributed by atoms with E-state index in [4.69, 9.17) is 34.1 Å². The van der Waals surface area contributed by atoms with Crippen molar-refractivity contribution in [2.75, 3.05) is 94.5 Å². The number of likely N-dealkylation sites (N-methyl/N-ethyl adjacent to an activating group) is 1. The zero-order valence-electron chi connectivity index (χ0n) is 33.8. The molecule has 0 radical (unpaired) electrons. The highest BCUT2D eigenvalue weighted by Gasteiger charge is 2.30. The molecule has 0 unspecified atom stereocenters. The maximum atomic E-state index is 13.1. The molecule has 58 heavy (non-hydrogen) atoms. The van der Waals surface area contributed by atoms with Gasteiger partial charge in [-0.15, -0.1) is 0 Å². The first-order valence-electron chi connectivity index (χ1n) is 20.4. The van der Waals surface area contributed by atoms with Crippen molar-refractivity contribution in [2.45, 2.75) is 39.3 Å². The molecule has 0 saturated carbocycles. The minimum atomic E-state index is 0.234. The Kier molecular flexibility index (Phi) is 12.3. The van der Waals surface area contributed by atoms with Gasteiger partial charge in [0.1, 0.15) is 17.3 Å². The summed E-state index contributed by atoms with van der Waals surface area (Å²) in [6.45, 7) is 11.4. The zero-order valence-corrected chi connectivity index (χ0v) is 33.8. The number of rotatable bonds is 14. The zero-order chi connectivity index (χ0) is 39.8. The lowest BCUT2D eigenvalue weighted by molar-refractivity contribution is -0.132. The lowest BCUT2D eigenvalue weighted by Gasteiger charge is -2.34. The molecule has 5 aromatic rings. The van der Waals surface area contributed by atoms with Crippen molar-refractivity contribution >= 4 is 29.3 Å². The van der Waals surface area contributed by atoms with Gasteiger partial charge in [0.25, 0.3) is 0 Å². The van der Waals surface area contributed by atoms with Crippen LogP contribution in [0.4, 0.5) is 23.4 Å².